The molecule has 1 heterocycles. The lowest BCUT2D eigenvalue weighted by Gasteiger charge is -2.10. The van der Waals surface area contributed by atoms with Gasteiger partial charge in [-0.1, -0.05) is 24.3 Å². The molecule has 1 N–H and O–H groups in total. The fourth-order valence-corrected chi connectivity index (χ4v) is 2.30. The summed E-state index contributed by atoms with van der Waals surface area (Å²) in [6.45, 7) is 5.79. The lowest BCUT2D eigenvalue weighted by Crippen LogP contribution is -1.99. The maximum atomic E-state index is 13.7. The zero-order chi connectivity index (χ0) is 17.3. The number of fused-ring (bicyclic) bond motifs is 1. The van der Waals surface area contributed by atoms with Crippen LogP contribution >= 0.6 is 0 Å². The molecule has 0 bridgehead atoms. The van der Waals surface area contributed by atoms with Crippen molar-refractivity contribution in [2.45, 2.75) is 6.92 Å². The topological polar surface area (TPSA) is 81.0 Å². The molecular weight excluding hydrogens is 311 g/mol. The van der Waals surface area contributed by atoms with E-state index in [1.165, 1.54) is 6.33 Å². The van der Waals surface area contributed by atoms with E-state index in [2.05, 4.69) is 21.9 Å². The number of benzene rings is 2. The molecule has 1 aromatic heterocycles. The number of anilines is 2. The Kier molecular flexibility index (Phi) is 3.91. The third kappa shape index (κ3) is 2.91. The van der Waals surface area contributed by atoms with Gasteiger partial charge < -0.3 is 5.32 Å². The standard InChI is InChI=1S/C17H13FN4O2/c1-10(2)11-4-3-5-12(6-11)21-17-13-7-16(22(23)24)14(18)8-15(13)19-9-20-17/h3-9H,1H2,2H3,(H,19,20,21). The number of halogens is 1. The summed E-state index contributed by atoms with van der Waals surface area (Å²) < 4.78 is 13.7. The van der Waals surface area contributed by atoms with Gasteiger partial charge in [0.2, 0.25) is 5.82 Å². The summed E-state index contributed by atoms with van der Waals surface area (Å²) in [5, 5.41) is 14.4. The Bertz CT molecular complexity index is 972. The molecule has 3 rings (SSSR count). The zero-order valence-electron chi connectivity index (χ0n) is 12.8. The quantitative estimate of drug-likeness (QED) is 0.566. The molecule has 0 atom stereocenters. The van der Waals surface area contributed by atoms with Gasteiger partial charge in [-0.3, -0.25) is 10.1 Å². The molecule has 0 saturated carbocycles. The van der Waals surface area contributed by atoms with Gasteiger partial charge in [-0.05, 0) is 24.6 Å². The minimum atomic E-state index is -0.929. The average Bonchev–Trinajstić information content (AvgIpc) is 2.54. The number of nitrogens with zero attached hydrogens (tertiary/aromatic N) is 3. The van der Waals surface area contributed by atoms with Crippen molar-refractivity contribution in [1.29, 1.82) is 0 Å². The summed E-state index contributed by atoms with van der Waals surface area (Å²) >= 11 is 0. The van der Waals surface area contributed by atoms with Crippen LogP contribution in [0.2, 0.25) is 0 Å². The summed E-state index contributed by atoms with van der Waals surface area (Å²) in [5.74, 6) is -0.566. The lowest BCUT2D eigenvalue weighted by atomic mass is 10.1. The molecule has 0 aliphatic rings. The van der Waals surface area contributed by atoms with E-state index in [4.69, 9.17) is 0 Å². The molecule has 0 aliphatic carbocycles. The SMILES string of the molecule is C=C(C)c1cccc(Nc2ncnc3cc(F)c([N+](=O)[O-])cc23)c1. The molecule has 0 unspecified atom stereocenters. The second kappa shape index (κ2) is 6.04. The van der Waals surface area contributed by atoms with Gasteiger partial charge in [-0.25, -0.2) is 9.97 Å². The van der Waals surface area contributed by atoms with Gasteiger partial charge in [-0.15, -0.1) is 0 Å². The lowest BCUT2D eigenvalue weighted by molar-refractivity contribution is -0.387. The molecule has 120 valence electrons. The average molecular weight is 324 g/mol. The van der Waals surface area contributed by atoms with E-state index in [9.17, 15) is 14.5 Å². The number of nitro benzene ring substituents is 1. The fourth-order valence-electron chi connectivity index (χ4n) is 2.30. The predicted molar refractivity (Wildman–Crippen MR) is 90.6 cm³/mol. The largest absolute Gasteiger partial charge is 0.340 e. The Labute approximate surface area is 136 Å². The number of rotatable bonds is 4. The highest BCUT2D eigenvalue weighted by Gasteiger charge is 2.17. The second-order valence-corrected chi connectivity index (χ2v) is 5.29. The van der Waals surface area contributed by atoms with Crippen molar-refractivity contribution in [3.63, 3.8) is 0 Å². The van der Waals surface area contributed by atoms with E-state index >= 15 is 0 Å². The Balaban J connectivity index is 2.09. The van der Waals surface area contributed by atoms with E-state index in [0.29, 0.717) is 11.2 Å². The first kappa shape index (κ1) is 15.5. The van der Waals surface area contributed by atoms with Crippen LogP contribution in [0.25, 0.3) is 16.5 Å². The molecule has 0 saturated heterocycles. The van der Waals surface area contributed by atoms with Gasteiger partial charge in [0.15, 0.2) is 0 Å². The number of hydrogen-bond donors (Lipinski definition) is 1. The number of allylic oxidation sites excluding steroid dienone is 1. The third-order valence-corrected chi connectivity index (χ3v) is 3.52. The van der Waals surface area contributed by atoms with E-state index < -0.39 is 16.4 Å². The zero-order valence-corrected chi connectivity index (χ0v) is 12.8. The van der Waals surface area contributed by atoms with Gasteiger partial charge in [-0.2, -0.15) is 4.39 Å². The minimum absolute atomic E-state index is 0.284. The molecular formula is C17H13FN4O2. The Morgan fingerprint density at radius 3 is 2.79 bits per heavy atom. The van der Waals surface area contributed by atoms with E-state index in [-0.39, 0.29) is 5.52 Å². The van der Waals surface area contributed by atoms with Crippen LogP contribution in [0.3, 0.4) is 0 Å². The molecule has 0 aliphatic heterocycles. The van der Waals surface area contributed by atoms with Crippen LogP contribution < -0.4 is 5.32 Å². The molecule has 2 aromatic carbocycles. The van der Waals surface area contributed by atoms with Gasteiger partial charge in [0.05, 0.1) is 15.8 Å². The van der Waals surface area contributed by atoms with Crippen molar-refractivity contribution < 1.29 is 9.31 Å². The van der Waals surface area contributed by atoms with Crippen molar-refractivity contribution in [3.05, 3.63) is 70.8 Å². The van der Waals surface area contributed by atoms with Crippen LogP contribution in [0.15, 0.2) is 49.3 Å². The van der Waals surface area contributed by atoms with Crippen molar-refractivity contribution in [1.82, 2.24) is 9.97 Å². The summed E-state index contributed by atoms with van der Waals surface area (Å²) in [4.78, 5) is 18.3. The normalized spacial score (nSPS) is 10.6. The number of aromatic nitrogens is 2. The molecule has 6 nitrogen and oxygen atoms in total. The second-order valence-electron chi connectivity index (χ2n) is 5.29. The summed E-state index contributed by atoms with van der Waals surface area (Å²) in [7, 11) is 0. The number of nitro groups is 1. The van der Waals surface area contributed by atoms with Crippen molar-refractivity contribution >= 4 is 33.7 Å². The summed E-state index contributed by atoms with van der Waals surface area (Å²) in [5.41, 5.74) is 2.27. The van der Waals surface area contributed by atoms with Gasteiger partial charge in [0.25, 0.3) is 0 Å². The summed E-state index contributed by atoms with van der Waals surface area (Å²) in [6, 6.07) is 9.66. The molecule has 24 heavy (non-hydrogen) atoms. The number of hydrogen-bond acceptors (Lipinski definition) is 5. The molecule has 0 amide bonds. The first-order valence-corrected chi connectivity index (χ1v) is 7.07. The first-order valence-electron chi connectivity index (χ1n) is 7.07. The highest BCUT2D eigenvalue weighted by molar-refractivity contribution is 5.92. The van der Waals surface area contributed by atoms with Crippen LogP contribution in [0, 0.1) is 15.9 Å². The van der Waals surface area contributed by atoms with Gasteiger partial charge >= 0.3 is 5.69 Å². The molecule has 3 aromatic rings. The smallest absolute Gasteiger partial charge is 0.305 e. The molecule has 0 fully saturated rings. The van der Waals surface area contributed by atoms with Crippen molar-refractivity contribution in [3.8, 4) is 0 Å². The number of nitrogens with one attached hydrogen (secondary N) is 1. The Morgan fingerprint density at radius 1 is 1.29 bits per heavy atom. The molecule has 0 radical (unpaired) electrons. The Hall–Kier alpha value is -3.35. The van der Waals surface area contributed by atoms with E-state index in [1.54, 1.807) is 0 Å². The van der Waals surface area contributed by atoms with Gasteiger partial charge in [0, 0.05) is 17.8 Å². The van der Waals surface area contributed by atoms with Crippen LogP contribution in [0.4, 0.5) is 21.6 Å². The predicted octanol–water partition coefficient (Wildman–Crippen LogP) is 4.45. The van der Waals surface area contributed by atoms with Gasteiger partial charge in [0.1, 0.15) is 12.1 Å². The van der Waals surface area contributed by atoms with Crippen LogP contribution in [-0.2, 0) is 0 Å². The maximum absolute atomic E-state index is 13.7. The van der Waals surface area contributed by atoms with Crippen molar-refractivity contribution in [2.75, 3.05) is 5.32 Å². The fraction of sp³-hybridized carbons (Fsp3) is 0.0588. The third-order valence-electron chi connectivity index (χ3n) is 3.52. The first-order chi connectivity index (χ1) is 11.5. The maximum Gasteiger partial charge on any atom is 0.305 e. The highest BCUT2D eigenvalue weighted by Crippen LogP contribution is 2.29. The highest BCUT2D eigenvalue weighted by atomic mass is 19.1. The van der Waals surface area contributed by atoms with Crippen molar-refractivity contribution in [2.24, 2.45) is 0 Å². The van der Waals surface area contributed by atoms with E-state index in [0.717, 1.165) is 29.0 Å². The summed E-state index contributed by atoms with van der Waals surface area (Å²) in [6.07, 6.45) is 1.28. The van der Waals surface area contributed by atoms with Crippen LogP contribution in [0.5, 0.6) is 0 Å². The molecule has 7 heteroatoms. The minimum Gasteiger partial charge on any atom is -0.340 e. The van der Waals surface area contributed by atoms with E-state index in [1.807, 2.05) is 31.2 Å². The molecule has 0 spiro atoms. The van der Waals surface area contributed by atoms with Crippen LogP contribution in [0.1, 0.15) is 12.5 Å². The monoisotopic (exact) mass is 324 g/mol. The Morgan fingerprint density at radius 2 is 2.08 bits per heavy atom. The van der Waals surface area contributed by atoms with Crippen LogP contribution in [-0.4, -0.2) is 14.9 Å².